The zero-order valence-corrected chi connectivity index (χ0v) is 23.9. The Balaban J connectivity index is 1.51. The number of amides is 2. The number of nitrogens with zero attached hydrogens (tertiary/aromatic N) is 2. The molecule has 3 aromatic carbocycles. The highest BCUT2D eigenvalue weighted by atomic mass is 35.5. The zero-order chi connectivity index (χ0) is 27.6. The van der Waals surface area contributed by atoms with E-state index in [2.05, 4.69) is 5.32 Å². The van der Waals surface area contributed by atoms with E-state index in [4.69, 9.17) is 23.2 Å². The Morgan fingerprint density at radius 1 is 1.05 bits per heavy atom. The van der Waals surface area contributed by atoms with Crippen LogP contribution in [0.4, 0.5) is 5.69 Å². The van der Waals surface area contributed by atoms with Crippen LogP contribution in [0.1, 0.15) is 45.6 Å². The number of rotatable bonds is 10. The first-order valence-electron chi connectivity index (χ1n) is 12.6. The summed E-state index contributed by atoms with van der Waals surface area (Å²) >= 11 is 12.4. The summed E-state index contributed by atoms with van der Waals surface area (Å²) in [5, 5.41) is 5.37. The fourth-order valence-electron chi connectivity index (χ4n) is 4.60. The van der Waals surface area contributed by atoms with E-state index in [-0.39, 0.29) is 48.7 Å². The molecule has 0 spiro atoms. The van der Waals surface area contributed by atoms with Crippen LogP contribution in [-0.2, 0) is 26.2 Å². The maximum absolute atomic E-state index is 13.5. The van der Waals surface area contributed by atoms with Gasteiger partial charge in [0, 0.05) is 41.0 Å². The third kappa shape index (κ3) is 5.63. The van der Waals surface area contributed by atoms with Crippen LogP contribution >= 0.6 is 23.2 Å². The molecule has 0 unspecified atom stereocenters. The Kier molecular flexibility index (Phi) is 8.55. The molecule has 10 heteroatoms. The van der Waals surface area contributed by atoms with Gasteiger partial charge in [0.15, 0.2) is 0 Å². The predicted octanol–water partition coefficient (Wildman–Crippen LogP) is 5.77. The molecule has 202 valence electrons. The monoisotopic (exact) mass is 575 g/mol. The molecule has 1 N–H and O–H groups in total. The molecule has 3 aromatic rings. The molecule has 0 saturated heterocycles. The summed E-state index contributed by atoms with van der Waals surface area (Å²) in [6, 6.07) is 15.0. The number of hydrogen-bond donors (Lipinski definition) is 1. The lowest BCUT2D eigenvalue weighted by Gasteiger charge is -2.30. The van der Waals surface area contributed by atoms with Crippen LogP contribution in [0, 0.1) is 0 Å². The van der Waals surface area contributed by atoms with Crippen molar-refractivity contribution >= 4 is 61.5 Å². The van der Waals surface area contributed by atoms with Gasteiger partial charge in [-0.2, -0.15) is 0 Å². The number of benzene rings is 3. The van der Waals surface area contributed by atoms with E-state index < -0.39 is 16.1 Å². The van der Waals surface area contributed by atoms with Gasteiger partial charge in [0.25, 0.3) is 10.0 Å². The van der Waals surface area contributed by atoms with Crippen molar-refractivity contribution in [3.05, 3.63) is 70.2 Å². The Morgan fingerprint density at radius 3 is 2.45 bits per heavy atom. The molecule has 2 amide bonds. The lowest BCUT2D eigenvalue weighted by Crippen LogP contribution is -2.49. The van der Waals surface area contributed by atoms with Crippen LogP contribution in [0.3, 0.4) is 0 Å². The number of hydrogen-bond acceptors (Lipinski definition) is 4. The van der Waals surface area contributed by atoms with Crippen molar-refractivity contribution in [2.45, 2.75) is 63.6 Å². The molecule has 0 aliphatic carbocycles. The summed E-state index contributed by atoms with van der Waals surface area (Å²) in [5.74, 6) is -0.530. The van der Waals surface area contributed by atoms with Gasteiger partial charge in [0.05, 0.1) is 10.6 Å². The van der Waals surface area contributed by atoms with Crippen molar-refractivity contribution in [1.82, 2.24) is 10.2 Å². The Labute approximate surface area is 233 Å². The van der Waals surface area contributed by atoms with Crippen molar-refractivity contribution < 1.29 is 18.0 Å². The lowest BCUT2D eigenvalue weighted by molar-refractivity contribution is -0.140. The first kappa shape index (κ1) is 28.2. The van der Waals surface area contributed by atoms with E-state index in [1.54, 1.807) is 43.3 Å². The molecule has 0 aromatic heterocycles. The van der Waals surface area contributed by atoms with Crippen LogP contribution in [-0.4, -0.2) is 43.8 Å². The molecule has 2 atom stereocenters. The Bertz CT molecular complexity index is 1470. The average Bonchev–Trinajstić information content (AvgIpc) is 3.10. The summed E-state index contributed by atoms with van der Waals surface area (Å²) in [4.78, 5) is 28.2. The van der Waals surface area contributed by atoms with E-state index in [0.717, 1.165) is 11.8 Å². The quantitative estimate of drug-likeness (QED) is 0.332. The molecule has 4 rings (SSSR count). The van der Waals surface area contributed by atoms with Gasteiger partial charge in [-0.1, -0.05) is 60.5 Å². The molecule has 0 saturated carbocycles. The van der Waals surface area contributed by atoms with Gasteiger partial charge in [-0.3, -0.25) is 13.9 Å². The largest absolute Gasteiger partial charge is 0.352 e. The van der Waals surface area contributed by atoms with E-state index >= 15 is 0 Å². The number of nitrogens with one attached hydrogen (secondary N) is 1. The molecule has 1 aliphatic rings. The summed E-state index contributed by atoms with van der Waals surface area (Å²) in [6.07, 6.45) is 1.10. The average molecular weight is 577 g/mol. The number of carbonyl (C=O) groups is 2. The van der Waals surface area contributed by atoms with Crippen molar-refractivity contribution in [3.8, 4) is 0 Å². The summed E-state index contributed by atoms with van der Waals surface area (Å²) < 4.78 is 27.9. The first-order valence-corrected chi connectivity index (χ1v) is 14.8. The van der Waals surface area contributed by atoms with E-state index in [1.807, 2.05) is 32.0 Å². The van der Waals surface area contributed by atoms with Crippen molar-refractivity contribution in [3.63, 3.8) is 0 Å². The summed E-state index contributed by atoms with van der Waals surface area (Å²) in [7, 11) is -3.71. The Morgan fingerprint density at radius 2 is 1.76 bits per heavy atom. The fourth-order valence-corrected chi connectivity index (χ4v) is 6.82. The van der Waals surface area contributed by atoms with E-state index in [9.17, 15) is 18.0 Å². The summed E-state index contributed by atoms with van der Waals surface area (Å²) in [5.41, 5.74) is 1.29. The van der Waals surface area contributed by atoms with Gasteiger partial charge >= 0.3 is 0 Å². The minimum Gasteiger partial charge on any atom is -0.352 e. The lowest BCUT2D eigenvalue weighted by atomic mass is 10.1. The highest BCUT2D eigenvalue weighted by Crippen LogP contribution is 2.42. The van der Waals surface area contributed by atoms with Gasteiger partial charge in [0.2, 0.25) is 11.8 Å². The normalized spacial score (nSPS) is 15.3. The minimum absolute atomic E-state index is 0.0364. The van der Waals surface area contributed by atoms with E-state index in [1.165, 1.54) is 9.21 Å². The van der Waals surface area contributed by atoms with Crippen LogP contribution in [0.15, 0.2) is 59.5 Å². The topological polar surface area (TPSA) is 86.8 Å². The van der Waals surface area contributed by atoms with Gasteiger partial charge < -0.3 is 10.2 Å². The predicted molar refractivity (Wildman–Crippen MR) is 152 cm³/mol. The maximum Gasteiger partial charge on any atom is 0.265 e. The van der Waals surface area contributed by atoms with Crippen LogP contribution in [0.5, 0.6) is 0 Å². The number of carbonyl (C=O) groups excluding carboxylic acids is 2. The van der Waals surface area contributed by atoms with Crippen LogP contribution in [0.25, 0.3) is 10.8 Å². The number of anilines is 1. The highest BCUT2D eigenvalue weighted by molar-refractivity contribution is 7.93. The smallest absolute Gasteiger partial charge is 0.265 e. The molecular formula is C28H31Cl2N3O4S. The maximum atomic E-state index is 13.5. The zero-order valence-electron chi connectivity index (χ0n) is 21.6. The molecule has 38 heavy (non-hydrogen) atoms. The molecule has 0 radical (unpaired) electrons. The van der Waals surface area contributed by atoms with Crippen molar-refractivity contribution in [1.29, 1.82) is 0 Å². The number of halogens is 2. The summed E-state index contributed by atoms with van der Waals surface area (Å²) in [6.45, 7) is 5.82. The third-order valence-electron chi connectivity index (χ3n) is 6.96. The van der Waals surface area contributed by atoms with Gasteiger partial charge in [-0.05, 0) is 61.9 Å². The molecule has 7 nitrogen and oxygen atoms in total. The fraction of sp³-hybridized carbons (Fsp3) is 0.357. The van der Waals surface area contributed by atoms with Crippen LogP contribution in [0.2, 0.25) is 10.0 Å². The molecule has 1 aliphatic heterocycles. The van der Waals surface area contributed by atoms with Gasteiger partial charge in [-0.25, -0.2) is 8.42 Å². The first-order chi connectivity index (χ1) is 18.0. The van der Waals surface area contributed by atoms with Crippen molar-refractivity contribution in [2.24, 2.45) is 0 Å². The third-order valence-corrected chi connectivity index (χ3v) is 9.40. The highest BCUT2D eigenvalue weighted by Gasteiger charge is 2.35. The van der Waals surface area contributed by atoms with E-state index in [0.29, 0.717) is 26.7 Å². The second-order valence-corrected chi connectivity index (χ2v) is 12.2. The molecule has 0 bridgehead atoms. The standard InChI is InChI=1S/C28H31Cl2N3O4S/c1-4-18(2)31-28(35)19(3)32(17-21-13-14-22(29)16-23(21)30)26(34)12-7-15-33-24-10-5-8-20-9-6-11-25(27(20)24)38(33,36)37/h5-6,8-11,13-14,16,18-19H,4,7,12,15,17H2,1-3H3,(H,31,35)/t18-,19+/m0/s1. The molecular weight excluding hydrogens is 545 g/mol. The molecule has 0 fully saturated rings. The second kappa shape index (κ2) is 11.5. The van der Waals surface area contributed by atoms with Crippen LogP contribution < -0.4 is 9.62 Å². The molecule has 1 heterocycles. The second-order valence-electron chi connectivity index (χ2n) is 9.56. The minimum atomic E-state index is -3.71. The number of sulfonamides is 1. The SMILES string of the molecule is CC[C@H](C)NC(=O)[C@@H](C)N(Cc1ccc(Cl)cc1Cl)C(=O)CCCN1c2cccc3cccc(c23)S1(=O)=O. The van der Waals surface area contributed by atoms with Gasteiger partial charge in [0.1, 0.15) is 6.04 Å². The Hall–Kier alpha value is -2.81. The van der Waals surface area contributed by atoms with Gasteiger partial charge in [-0.15, -0.1) is 0 Å². The van der Waals surface area contributed by atoms with Crippen molar-refractivity contribution in [2.75, 3.05) is 10.8 Å².